The average Bonchev–Trinajstić information content (AvgIpc) is 1.83. The highest BCUT2D eigenvalue weighted by Gasteiger charge is 1.93. The Balaban J connectivity index is -0.0000000163. The van der Waals surface area contributed by atoms with Gasteiger partial charge in [-0.2, -0.15) is 0 Å². The zero-order chi connectivity index (χ0) is 6.41. The van der Waals surface area contributed by atoms with Crippen molar-refractivity contribution < 1.29 is 14.6 Å². The van der Waals surface area contributed by atoms with Gasteiger partial charge in [-0.25, -0.2) is 0 Å². The van der Waals surface area contributed by atoms with Crippen molar-refractivity contribution in [1.29, 1.82) is 0 Å². The number of hydrogen-bond acceptors (Lipinski definition) is 3. The van der Waals surface area contributed by atoms with Crippen LogP contribution in [0.4, 0.5) is 0 Å². The highest BCUT2D eigenvalue weighted by atomic mass is 16.5. The van der Waals surface area contributed by atoms with Gasteiger partial charge in [-0.15, -0.1) is 0 Å². The fourth-order valence-electron chi connectivity index (χ4n) is 0.262. The second kappa shape index (κ2) is 39.3. The molecular weight excluding hydrogens is 180 g/mol. The molecule has 0 aliphatic rings. The molecule has 14 heavy (non-hydrogen) atoms. The zero-order valence-electron chi connectivity index (χ0n) is 4.89. The summed E-state index contributed by atoms with van der Waals surface area (Å²) in [6.07, 6.45) is 0.375. The van der Waals surface area contributed by atoms with Crippen molar-refractivity contribution in [2.45, 2.75) is 57.9 Å². The third-order valence-electron chi connectivity index (χ3n) is 0.643. The van der Waals surface area contributed by atoms with Crippen LogP contribution in [0.3, 0.4) is 0 Å². The molecule has 0 unspecified atom stereocenters. The van der Waals surface area contributed by atoms with E-state index in [1.54, 1.807) is 6.92 Å². The first kappa shape index (κ1) is 50.2. The van der Waals surface area contributed by atoms with E-state index in [-0.39, 0.29) is 63.7 Å². The second-order valence-electron chi connectivity index (χ2n) is 1.30. The van der Waals surface area contributed by atoms with Crippen LogP contribution in [0.25, 0.3) is 0 Å². The van der Waals surface area contributed by atoms with Crippen LogP contribution in [0.1, 0.15) is 57.9 Å². The maximum Gasteiger partial charge on any atom is 0.305 e. The Morgan fingerprint density at radius 2 is 1.43 bits per heavy atom. The van der Waals surface area contributed by atoms with Crippen molar-refractivity contribution in [3.8, 4) is 0 Å². The molecule has 0 saturated heterocycles. The van der Waals surface area contributed by atoms with Crippen LogP contribution in [-0.2, 0) is 9.53 Å². The minimum absolute atomic E-state index is 0. The van der Waals surface area contributed by atoms with E-state index < -0.39 is 0 Å². The first-order chi connectivity index (χ1) is 3.81. The van der Waals surface area contributed by atoms with Crippen molar-refractivity contribution >= 4 is 5.97 Å². The second-order valence-corrected chi connectivity index (χ2v) is 1.30. The predicted octanol–water partition coefficient (Wildman–Crippen LogP) is 3.75. The number of aliphatic hydroxyl groups is 1. The number of hydrogen-bond donors (Lipinski definition) is 1. The maximum absolute atomic E-state index is 10.2. The third-order valence-corrected chi connectivity index (χ3v) is 0.643. The SMILES string of the molecule is C.C.C.C.C.C.CCC(=O)OCCO. The first-order valence-corrected chi connectivity index (χ1v) is 2.57. The van der Waals surface area contributed by atoms with Crippen LogP contribution in [0.5, 0.6) is 0 Å². The lowest BCUT2D eigenvalue weighted by Gasteiger charge is -1.96. The highest BCUT2D eigenvalue weighted by Crippen LogP contribution is 1.81. The van der Waals surface area contributed by atoms with Gasteiger partial charge in [0, 0.05) is 6.42 Å². The van der Waals surface area contributed by atoms with Crippen LogP contribution in [-0.4, -0.2) is 24.3 Å². The van der Waals surface area contributed by atoms with Crippen molar-refractivity contribution in [3.63, 3.8) is 0 Å². The molecule has 0 bridgehead atoms. The normalized spacial score (nSPS) is 5.00. The molecule has 0 saturated carbocycles. The number of carbonyl (C=O) groups is 1. The standard InChI is InChI=1S/C5H10O3.6CH4/c1-2-5(7)8-4-3-6;;;;;;/h6H,2-4H2,1H3;6*1H4. The molecule has 1 N–H and O–H groups in total. The van der Waals surface area contributed by atoms with E-state index in [0.717, 1.165) is 0 Å². The topological polar surface area (TPSA) is 46.5 Å². The molecule has 0 spiro atoms. The van der Waals surface area contributed by atoms with Crippen LogP contribution >= 0.6 is 0 Å². The maximum atomic E-state index is 10.2. The van der Waals surface area contributed by atoms with E-state index >= 15 is 0 Å². The van der Waals surface area contributed by atoms with Crippen molar-refractivity contribution in [2.24, 2.45) is 0 Å². The zero-order valence-corrected chi connectivity index (χ0v) is 4.89. The molecular formula is C11H34O3. The molecule has 0 radical (unpaired) electrons. The van der Waals surface area contributed by atoms with Gasteiger partial charge in [0.2, 0.25) is 0 Å². The van der Waals surface area contributed by atoms with E-state index in [9.17, 15) is 4.79 Å². The Labute approximate surface area is 92.5 Å². The lowest BCUT2D eigenvalue weighted by Crippen LogP contribution is -2.06. The van der Waals surface area contributed by atoms with Gasteiger partial charge in [-0.05, 0) is 0 Å². The Morgan fingerprint density at radius 1 is 1.07 bits per heavy atom. The molecule has 0 rings (SSSR count). The van der Waals surface area contributed by atoms with Gasteiger partial charge in [0.1, 0.15) is 6.61 Å². The summed E-state index contributed by atoms with van der Waals surface area (Å²) in [5.74, 6) is -0.265. The van der Waals surface area contributed by atoms with Crippen LogP contribution in [0.15, 0.2) is 0 Å². The van der Waals surface area contributed by atoms with Gasteiger partial charge in [0.15, 0.2) is 0 Å². The lowest BCUT2D eigenvalue weighted by atomic mass is 10.5. The number of aliphatic hydroxyl groups excluding tert-OH is 1. The van der Waals surface area contributed by atoms with E-state index in [1.165, 1.54) is 0 Å². The molecule has 0 aliphatic heterocycles. The largest absolute Gasteiger partial charge is 0.463 e. The quantitative estimate of drug-likeness (QED) is 0.728. The third kappa shape index (κ3) is 42.2. The molecule has 0 amide bonds. The smallest absolute Gasteiger partial charge is 0.305 e. The van der Waals surface area contributed by atoms with Crippen LogP contribution in [0, 0.1) is 0 Å². The molecule has 3 heteroatoms. The molecule has 96 valence electrons. The number of esters is 1. The minimum atomic E-state index is -0.265. The summed E-state index contributed by atoms with van der Waals surface area (Å²) in [4.78, 5) is 10.2. The lowest BCUT2D eigenvalue weighted by molar-refractivity contribution is -0.144. The van der Waals surface area contributed by atoms with E-state index in [0.29, 0.717) is 6.42 Å². The highest BCUT2D eigenvalue weighted by molar-refractivity contribution is 5.68. The van der Waals surface area contributed by atoms with Gasteiger partial charge >= 0.3 is 5.97 Å². The molecule has 3 nitrogen and oxygen atoms in total. The molecule has 0 heterocycles. The summed E-state index contributed by atoms with van der Waals surface area (Å²) in [6, 6.07) is 0. The number of ether oxygens (including phenoxy) is 1. The molecule has 0 aromatic heterocycles. The summed E-state index contributed by atoms with van der Waals surface area (Å²) in [5.41, 5.74) is 0. The Hall–Kier alpha value is -0.570. The summed E-state index contributed by atoms with van der Waals surface area (Å²) < 4.78 is 4.45. The summed E-state index contributed by atoms with van der Waals surface area (Å²) in [6.45, 7) is 1.73. The van der Waals surface area contributed by atoms with Crippen molar-refractivity contribution in [1.82, 2.24) is 0 Å². The van der Waals surface area contributed by atoms with Gasteiger partial charge < -0.3 is 9.84 Å². The average molecular weight is 214 g/mol. The predicted molar refractivity (Wildman–Crippen MR) is 68.7 cm³/mol. The molecule has 0 aromatic rings. The number of rotatable bonds is 3. The Kier molecular flexibility index (Phi) is 141. The van der Waals surface area contributed by atoms with E-state index in [4.69, 9.17) is 5.11 Å². The molecule has 0 fully saturated rings. The minimum Gasteiger partial charge on any atom is -0.463 e. The fourth-order valence-corrected chi connectivity index (χ4v) is 0.262. The van der Waals surface area contributed by atoms with E-state index in [2.05, 4.69) is 4.74 Å². The van der Waals surface area contributed by atoms with Crippen molar-refractivity contribution in [3.05, 3.63) is 0 Å². The Bertz CT molecular complexity index is 72.9. The Morgan fingerprint density at radius 3 is 1.64 bits per heavy atom. The summed E-state index contributed by atoms with van der Waals surface area (Å²) in [7, 11) is 0. The molecule has 0 aromatic carbocycles. The summed E-state index contributed by atoms with van der Waals surface area (Å²) >= 11 is 0. The van der Waals surface area contributed by atoms with Gasteiger partial charge in [-0.3, -0.25) is 4.79 Å². The number of carbonyl (C=O) groups excluding carboxylic acids is 1. The monoisotopic (exact) mass is 214 g/mol. The molecule has 0 aliphatic carbocycles. The van der Waals surface area contributed by atoms with E-state index in [1.807, 2.05) is 0 Å². The van der Waals surface area contributed by atoms with Gasteiger partial charge in [-0.1, -0.05) is 51.5 Å². The van der Waals surface area contributed by atoms with Gasteiger partial charge in [0.25, 0.3) is 0 Å². The molecule has 0 atom stereocenters. The van der Waals surface area contributed by atoms with Crippen molar-refractivity contribution in [2.75, 3.05) is 13.2 Å². The van der Waals surface area contributed by atoms with Crippen LogP contribution in [0.2, 0.25) is 0 Å². The van der Waals surface area contributed by atoms with Crippen LogP contribution < -0.4 is 0 Å². The first-order valence-electron chi connectivity index (χ1n) is 2.57. The fraction of sp³-hybridized carbons (Fsp3) is 0.909. The summed E-state index contributed by atoms with van der Waals surface area (Å²) in [5, 5.41) is 8.13. The van der Waals surface area contributed by atoms with Gasteiger partial charge in [0.05, 0.1) is 6.61 Å².